The van der Waals surface area contributed by atoms with E-state index in [1.165, 1.54) is 0 Å². The van der Waals surface area contributed by atoms with Crippen LogP contribution in [0.1, 0.15) is 30.6 Å². The van der Waals surface area contributed by atoms with Crippen LogP contribution in [0.15, 0.2) is 22.7 Å². The Labute approximate surface area is 123 Å². The first kappa shape index (κ1) is 14.9. The first-order valence-electron chi connectivity index (χ1n) is 5.24. The second-order valence-corrected chi connectivity index (χ2v) is 6.54. The van der Waals surface area contributed by atoms with Crippen LogP contribution in [-0.2, 0) is 0 Å². The van der Waals surface area contributed by atoms with Crippen LogP contribution in [0, 0.1) is 3.57 Å². The van der Waals surface area contributed by atoms with Gasteiger partial charge >= 0.3 is 0 Å². The van der Waals surface area contributed by atoms with Crippen molar-refractivity contribution < 1.29 is 9.90 Å². The number of rotatable bonds is 4. The topological polar surface area (TPSA) is 49.3 Å². The predicted octanol–water partition coefficient (Wildman–Crippen LogP) is 2.94. The number of aliphatic hydroxyl groups excluding tert-OH is 1. The maximum Gasteiger partial charge on any atom is 0.252 e. The van der Waals surface area contributed by atoms with E-state index in [-0.39, 0.29) is 12.5 Å². The maximum absolute atomic E-state index is 12.1. The molecule has 0 spiro atoms. The Balaban J connectivity index is 2.86. The summed E-state index contributed by atoms with van der Waals surface area (Å²) in [4.78, 5) is 12.1. The molecule has 0 radical (unpaired) electrons. The fourth-order valence-electron chi connectivity index (χ4n) is 1.39. The smallest absolute Gasteiger partial charge is 0.252 e. The summed E-state index contributed by atoms with van der Waals surface area (Å²) < 4.78 is 1.78. The minimum Gasteiger partial charge on any atom is -0.396 e. The van der Waals surface area contributed by atoms with Crippen molar-refractivity contribution in [1.29, 1.82) is 0 Å². The van der Waals surface area contributed by atoms with Crippen molar-refractivity contribution in [3.05, 3.63) is 31.8 Å². The highest BCUT2D eigenvalue weighted by atomic mass is 127. The molecule has 0 fully saturated rings. The van der Waals surface area contributed by atoms with Crippen LogP contribution >= 0.6 is 38.5 Å². The van der Waals surface area contributed by atoms with Gasteiger partial charge in [-0.05, 0) is 77.0 Å². The zero-order chi connectivity index (χ0) is 13.1. The SMILES string of the molecule is CC(C)(CCO)NC(=O)c1cc(I)ccc1Br. The van der Waals surface area contributed by atoms with Gasteiger partial charge < -0.3 is 10.4 Å². The highest BCUT2D eigenvalue weighted by Gasteiger charge is 2.21. The van der Waals surface area contributed by atoms with Gasteiger partial charge in [-0.3, -0.25) is 4.79 Å². The summed E-state index contributed by atoms with van der Waals surface area (Å²) in [5, 5.41) is 11.8. The van der Waals surface area contributed by atoms with Crippen molar-refractivity contribution in [3.8, 4) is 0 Å². The van der Waals surface area contributed by atoms with Crippen LogP contribution in [0.25, 0.3) is 0 Å². The zero-order valence-electron chi connectivity index (χ0n) is 9.76. The van der Waals surface area contributed by atoms with Gasteiger partial charge in [-0.15, -0.1) is 0 Å². The van der Waals surface area contributed by atoms with Crippen LogP contribution in [0.4, 0.5) is 0 Å². The molecule has 1 aromatic rings. The zero-order valence-corrected chi connectivity index (χ0v) is 13.5. The lowest BCUT2D eigenvalue weighted by atomic mass is 10.0. The third kappa shape index (κ3) is 4.56. The van der Waals surface area contributed by atoms with E-state index in [2.05, 4.69) is 43.8 Å². The van der Waals surface area contributed by atoms with E-state index < -0.39 is 5.54 Å². The van der Waals surface area contributed by atoms with Crippen LogP contribution in [0.2, 0.25) is 0 Å². The van der Waals surface area contributed by atoms with Crippen molar-refractivity contribution in [2.75, 3.05) is 6.61 Å². The molecular formula is C12H15BrINO2. The average Bonchev–Trinajstić information content (AvgIpc) is 2.20. The number of hydrogen-bond acceptors (Lipinski definition) is 2. The molecule has 0 bridgehead atoms. The van der Waals surface area contributed by atoms with Crippen LogP contribution in [-0.4, -0.2) is 23.2 Å². The molecule has 0 unspecified atom stereocenters. The van der Waals surface area contributed by atoms with Crippen molar-refractivity contribution in [2.24, 2.45) is 0 Å². The van der Waals surface area contributed by atoms with Gasteiger partial charge in [0.25, 0.3) is 5.91 Å². The van der Waals surface area contributed by atoms with Gasteiger partial charge in [0.2, 0.25) is 0 Å². The van der Waals surface area contributed by atoms with Gasteiger partial charge in [-0.1, -0.05) is 0 Å². The molecule has 0 aliphatic rings. The molecule has 0 heterocycles. The molecular weight excluding hydrogens is 397 g/mol. The molecule has 1 rings (SSSR count). The van der Waals surface area contributed by atoms with E-state index in [0.29, 0.717) is 12.0 Å². The van der Waals surface area contributed by atoms with E-state index in [4.69, 9.17) is 5.11 Å². The first-order chi connectivity index (χ1) is 7.85. The maximum atomic E-state index is 12.1. The van der Waals surface area contributed by atoms with Gasteiger partial charge in [0.1, 0.15) is 0 Å². The fourth-order valence-corrected chi connectivity index (χ4v) is 2.31. The summed E-state index contributed by atoms with van der Waals surface area (Å²) in [6.07, 6.45) is 0.528. The largest absolute Gasteiger partial charge is 0.396 e. The van der Waals surface area contributed by atoms with Crippen molar-refractivity contribution in [1.82, 2.24) is 5.32 Å². The summed E-state index contributed by atoms with van der Waals surface area (Å²) in [5.74, 6) is -0.131. The Hall–Kier alpha value is -0.140. The molecule has 2 N–H and O–H groups in total. The molecule has 1 aromatic carbocycles. The van der Waals surface area contributed by atoms with Gasteiger partial charge in [0.05, 0.1) is 5.56 Å². The second-order valence-electron chi connectivity index (χ2n) is 4.44. The number of aliphatic hydroxyl groups is 1. The quantitative estimate of drug-likeness (QED) is 0.748. The third-order valence-corrected chi connectivity index (χ3v) is 3.72. The third-order valence-electron chi connectivity index (χ3n) is 2.36. The molecule has 0 aliphatic carbocycles. The van der Waals surface area contributed by atoms with Gasteiger partial charge in [0.15, 0.2) is 0 Å². The molecule has 1 amide bonds. The van der Waals surface area contributed by atoms with Crippen LogP contribution < -0.4 is 5.32 Å². The van der Waals surface area contributed by atoms with Gasteiger partial charge in [-0.25, -0.2) is 0 Å². The van der Waals surface area contributed by atoms with E-state index in [0.717, 1.165) is 8.04 Å². The van der Waals surface area contributed by atoms with Crippen molar-refractivity contribution in [3.63, 3.8) is 0 Å². The Morgan fingerprint density at radius 1 is 1.53 bits per heavy atom. The molecule has 5 heteroatoms. The number of nitrogens with one attached hydrogen (secondary N) is 1. The number of amides is 1. The number of carbonyl (C=O) groups excluding carboxylic acids is 1. The van der Waals surface area contributed by atoms with Crippen molar-refractivity contribution in [2.45, 2.75) is 25.8 Å². The van der Waals surface area contributed by atoms with E-state index >= 15 is 0 Å². The molecule has 0 aromatic heterocycles. The summed E-state index contributed by atoms with van der Waals surface area (Å²) in [5.41, 5.74) is 0.204. The monoisotopic (exact) mass is 411 g/mol. The lowest BCUT2D eigenvalue weighted by molar-refractivity contribution is 0.0898. The lowest BCUT2D eigenvalue weighted by Gasteiger charge is -2.25. The molecule has 3 nitrogen and oxygen atoms in total. The Kier molecular flexibility index (Phi) is 5.40. The highest BCUT2D eigenvalue weighted by molar-refractivity contribution is 14.1. The highest BCUT2D eigenvalue weighted by Crippen LogP contribution is 2.20. The Morgan fingerprint density at radius 3 is 2.76 bits per heavy atom. The fraction of sp³-hybridized carbons (Fsp3) is 0.417. The first-order valence-corrected chi connectivity index (χ1v) is 7.11. The average molecular weight is 412 g/mol. The van der Waals surface area contributed by atoms with Gasteiger partial charge in [-0.2, -0.15) is 0 Å². The summed E-state index contributed by atoms with van der Waals surface area (Å²) in [6, 6.07) is 5.62. The lowest BCUT2D eigenvalue weighted by Crippen LogP contribution is -2.44. The van der Waals surface area contributed by atoms with Crippen molar-refractivity contribution >= 4 is 44.4 Å². The van der Waals surface area contributed by atoms with Crippen LogP contribution in [0.5, 0.6) is 0 Å². The number of hydrogen-bond donors (Lipinski definition) is 2. The minimum absolute atomic E-state index is 0.0563. The minimum atomic E-state index is -0.410. The number of benzene rings is 1. The molecule has 94 valence electrons. The predicted molar refractivity (Wildman–Crippen MR) is 80.1 cm³/mol. The van der Waals surface area contributed by atoms with Crippen LogP contribution in [0.3, 0.4) is 0 Å². The standard InChI is InChI=1S/C12H15BrINO2/c1-12(2,5-6-16)15-11(17)9-7-8(14)3-4-10(9)13/h3-4,7,16H,5-6H2,1-2H3,(H,15,17). The molecule has 17 heavy (non-hydrogen) atoms. The molecule has 0 saturated heterocycles. The number of halogens is 2. The summed E-state index contributed by atoms with van der Waals surface area (Å²) >= 11 is 5.53. The Morgan fingerprint density at radius 2 is 2.18 bits per heavy atom. The molecule has 0 saturated carbocycles. The second kappa shape index (κ2) is 6.15. The van der Waals surface area contributed by atoms with Gasteiger partial charge in [0, 0.05) is 20.2 Å². The Bertz CT molecular complexity index is 421. The molecule has 0 atom stereocenters. The summed E-state index contributed by atoms with van der Waals surface area (Å²) in [6.45, 7) is 3.84. The van der Waals surface area contributed by atoms with E-state index in [9.17, 15) is 4.79 Å². The number of carbonyl (C=O) groups is 1. The normalized spacial score (nSPS) is 11.4. The van der Waals surface area contributed by atoms with E-state index in [1.54, 1.807) is 0 Å². The van der Waals surface area contributed by atoms with E-state index in [1.807, 2.05) is 32.0 Å². The molecule has 0 aliphatic heterocycles. The summed E-state index contributed by atoms with van der Waals surface area (Å²) in [7, 11) is 0.